The van der Waals surface area contributed by atoms with E-state index in [-0.39, 0.29) is 23.1 Å². The van der Waals surface area contributed by atoms with Crippen molar-refractivity contribution in [2.45, 2.75) is 25.7 Å². The van der Waals surface area contributed by atoms with E-state index in [1.807, 2.05) is 17.9 Å². The van der Waals surface area contributed by atoms with Crippen LogP contribution in [0.1, 0.15) is 40.7 Å². The molecule has 0 saturated heterocycles. The maximum absolute atomic E-state index is 12.6. The Bertz CT molecular complexity index is 954. The number of nitro benzene ring substituents is 1. The monoisotopic (exact) mass is 351 g/mol. The zero-order chi connectivity index (χ0) is 18.4. The van der Waals surface area contributed by atoms with Crippen molar-refractivity contribution in [2.75, 3.05) is 16.8 Å². The fraction of sp³-hybridized carbons (Fsp3) is 0.263. The third-order valence-corrected chi connectivity index (χ3v) is 5.02. The average molecular weight is 351 g/mol. The molecule has 4 rings (SSSR count). The maximum Gasteiger partial charge on any atom is 0.282 e. The van der Waals surface area contributed by atoms with E-state index < -0.39 is 10.8 Å². The summed E-state index contributed by atoms with van der Waals surface area (Å²) >= 11 is 0. The van der Waals surface area contributed by atoms with Gasteiger partial charge in [0.25, 0.3) is 11.6 Å². The Hall–Kier alpha value is -3.22. The molecular weight excluding hydrogens is 334 g/mol. The number of nitro groups is 1. The quantitative estimate of drug-likeness (QED) is 0.679. The highest BCUT2D eigenvalue weighted by Gasteiger charge is 2.38. The highest BCUT2D eigenvalue weighted by molar-refractivity contribution is 6.09. The molecule has 7 nitrogen and oxygen atoms in total. The van der Waals surface area contributed by atoms with Crippen LogP contribution in [-0.4, -0.2) is 23.3 Å². The van der Waals surface area contributed by atoms with E-state index in [1.165, 1.54) is 18.2 Å². The summed E-state index contributed by atoms with van der Waals surface area (Å²) in [5.41, 5.74) is 3.25. The van der Waals surface area contributed by atoms with E-state index >= 15 is 0 Å². The molecular formula is C19H17N3O4. The zero-order valence-electron chi connectivity index (χ0n) is 14.2. The largest absolute Gasteiger partial charge is 0.322 e. The van der Waals surface area contributed by atoms with Crippen molar-refractivity contribution < 1.29 is 14.5 Å². The van der Waals surface area contributed by atoms with E-state index in [0.29, 0.717) is 5.69 Å². The fourth-order valence-electron chi connectivity index (χ4n) is 3.79. The fourth-order valence-corrected chi connectivity index (χ4v) is 3.79. The molecule has 26 heavy (non-hydrogen) atoms. The van der Waals surface area contributed by atoms with E-state index in [9.17, 15) is 19.7 Å². The molecule has 1 atom stereocenters. The number of nitrogens with zero attached hydrogens (tertiary/aromatic N) is 2. The second kappa shape index (κ2) is 5.94. The molecule has 2 amide bonds. The molecule has 0 bridgehead atoms. The van der Waals surface area contributed by atoms with Crippen LogP contribution < -0.4 is 10.2 Å². The Morgan fingerprint density at radius 3 is 2.85 bits per heavy atom. The number of para-hydroxylation sites is 1. The Balaban J connectivity index is 1.70. The molecule has 0 aromatic heterocycles. The summed E-state index contributed by atoms with van der Waals surface area (Å²) in [4.78, 5) is 37.4. The zero-order valence-corrected chi connectivity index (χ0v) is 14.2. The molecule has 0 fully saturated rings. The number of benzene rings is 2. The number of hydrogen-bond acceptors (Lipinski definition) is 4. The van der Waals surface area contributed by atoms with Crippen LogP contribution in [0.2, 0.25) is 0 Å². The Kier molecular flexibility index (Phi) is 3.72. The van der Waals surface area contributed by atoms with Crippen molar-refractivity contribution in [3.05, 3.63) is 63.2 Å². The minimum absolute atomic E-state index is 0.0115. The lowest BCUT2D eigenvalue weighted by atomic mass is 9.96. The molecule has 2 aliphatic heterocycles. The lowest BCUT2D eigenvalue weighted by Gasteiger charge is -2.26. The molecule has 0 unspecified atom stereocenters. The van der Waals surface area contributed by atoms with E-state index in [4.69, 9.17) is 0 Å². The topological polar surface area (TPSA) is 92.6 Å². The molecule has 1 N–H and O–H groups in total. The maximum atomic E-state index is 12.6. The first-order valence-corrected chi connectivity index (χ1v) is 8.50. The van der Waals surface area contributed by atoms with Crippen molar-refractivity contribution in [2.24, 2.45) is 0 Å². The van der Waals surface area contributed by atoms with Gasteiger partial charge in [-0.05, 0) is 49.1 Å². The minimum Gasteiger partial charge on any atom is -0.322 e. The second-order valence-corrected chi connectivity index (χ2v) is 6.62. The molecule has 2 aromatic rings. The van der Waals surface area contributed by atoms with Crippen LogP contribution in [0.15, 0.2) is 36.4 Å². The predicted octanol–water partition coefficient (Wildman–Crippen LogP) is 3.24. The van der Waals surface area contributed by atoms with Crippen molar-refractivity contribution in [3.63, 3.8) is 0 Å². The van der Waals surface area contributed by atoms with Crippen LogP contribution in [0.25, 0.3) is 0 Å². The minimum atomic E-state index is -0.569. The SMILES string of the molecule is C[C@H]1C(=O)N2CCCc3cc(NC(=O)c4ccccc4[N+](=O)[O-])cc1c32. The van der Waals surface area contributed by atoms with Gasteiger partial charge in [0.15, 0.2) is 0 Å². The molecule has 2 aromatic carbocycles. The first kappa shape index (κ1) is 16.3. The van der Waals surface area contributed by atoms with E-state index in [1.54, 1.807) is 12.1 Å². The highest BCUT2D eigenvalue weighted by Crippen LogP contribution is 2.44. The molecule has 0 aliphatic carbocycles. The number of aryl methyl sites for hydroxylation is 1. The summed E-state index contributed by atoms with van der Waals surface area (Å²) in [6, 6.07) is 9.52. The van der Waals surface area contributed by atoms with Crippen LogP contribution in [0.4, 0.5) is 17.1 Å². The average Bonchev–Trinajstić information content (AvgIpc) is 2.88. The molecule has 0 radical (unpaired) electrons. The summed E-state index contributed by atoms with van der Waals surface area (Å²) < 4.78 is 0. The summed E-state index contributed by atoms with van der Waals surface area (Å²) in [7, 11) is 0. The van der Waals surface area contributed by atoms with Crippen molar-refractivity contribution in [3.8, 4) is 0 Å². The van der Waals surface area contributed by atoms with Gasteiger partial charge in [-0.2, -0.15) is 0 Å². The van der Waals surface area contributed by atoms with Crippen LogP contribution >= 0.6 is 0 Å². The molecule has 0 spiro atoms. The number of rotatable bonds is 3. The summed E-state index contributed by atoms with van der Waals surface area (Å²) in [5, 5.41) is 13.9. The lowest BCUT2D eigenvalue weighted by molar-refractivity contribution is -0.385. The highest BCUT2D eigenvalue weighted by atomic mass is 16.6. The van der Waals surface area contributed by atoms with E-state index in [0.717, 1.165) is 36.2 Å². The van der Waals surface area contributed by atoms with Crippen molar-refractivity contribution in [1.29, 1.82) is 0 Å². The molecule has 0 saturated carbocycles. The number of carbonyl (C=O) groups is 2. The van der Waals surface area contributed by atoms with Gasteiger partial charge in [-0.1, -0.05) is 12.1 Å². The first-order chi connectivity index (χ1) is 12.5. The Morgan fingerprint density at radius 1 is 1.31 bits per heavy atom. The molecule has 132 valence electrons. The van der Waals surface area contributed by atoms with Crippen LogP contribution in [0.5, 0.6) is 0 Å². The first-order valence-electron chi connectivity index (χ1n) is 8.50. The lowest BCUT2D eigenvalue weighted by Crippen LogP contribution is -2.32. The third kappa shape index (κ3) is 2.44. The molecule has 7 heteroatoms. The van der Waals surface area contributed by atoms with Gasteiger partial charge >= 0.3 is 0 Å². The number of hydrogen-bond donors (Lipinski definition) is 1. The second-order valence-electron chi connectivity index (χ2n) is 6.62. The van der Waals surface area contributed by atoms with Gasteiger partial charge in [0.1, 0.15) is 5.56 Å². The van der Waals surface area contributed by atoms with Crippen molar-refractivity contribution >= 4 is 28.9 Å². The van der Waals surface area contributed by atoms with Crippen molar-refractivity contribution in [1.82, 2.24) is 0 Å². The van der Waals surface area contributed by atoms with Gasteiger partial charge in [0.2, 0.25) is 5.91 Å². The smallest absolute Gasteiger partial charge is 0.282 e. The van der Waals surface area contributed by atoms with Gasteiger partial charge in [0.05, 0.1) is 16.5 Å². The molecule has 2 aliphatic rings. The van der Waals surface area contributed by atoms with Gasteiger partial charge in [-0.3, -0.25) is 19.7 Å². The number of anilines is 2. The van der Waals surface area contributed by atoms with Gasteiger partial charge < -0.3 is 10.2 Å². The third-order valence-electron chi connectivity index (χ3n) is 5.02. The normalized spacial score (nSPS) is 17.8. The van der Waals surface area contributed by atoms with Gasteiger partial charge in [-0.25, -0.2) is 0 Å². The number of amides is 2. The Morgan fingerprint density at radius 2 is 2.08 bits per heavy atom. The number of carbonyl (C=O) groups excluding carboxylic acids is 2. The van der Waals surface area contributed by atoms with Crippen LogP contribution in [0.3, 0.4) is 0 Å². The Labute approximate surface area is 149 Å². The molecule has 2 heterocycles. The predicted molar refractivity (Wildman–Crippen MR) is 96.6 cm³/mol. The van der Waals surface area contributed by atoms with Gasteiger partial charge in [0, 0.05) is 18.3 Å². The standard InChI is InChI=1S/C19H17N3O4/c1-11-15-10-13(9-12-5-4-8-21(17(12)15)19(11)24)20-18(23)14-6-2-3-7-16(14)22(25)26/h2-3,6-7,9-11H,4-5,8H2,1H3,(H,20,23)/t11-/m1/s1. The van der Waals surface area contributed by atoms with Crippen LogP contribution in [-0.2, 0) is 11.2 Å². The summed E-state index contributed by atoms with van der Waals surface area (Å²) in [5.74, 6) is -0.693. The van der Waals surface area contributed by atoms with Crippen LogP contribution in [0, 0.1) is 10.1 Å². The number of nitrogens with one attached hydrogen (secondary N) is 1. The summed E-state index contributed by atoms with van der Waals surface area (Å²) in [6.45, 7) is 2.59. The summed E-state index contributed by atoms with van der Waals surface area (Å²) in [6.07, 6.45) is 1.72. The van der Waals surface area contributed by atoms with E-state index in [2.05, 4.69) is 5.32 Å². The van der Waals surface area contributed by atoms with Gasteiger partial charge in [-0.15, -0.1) is 0 Å².